The number of aromatic nitrogens is 2. The van der Waals surface area contributed by atoms with Crippen molar-refractivity contribution < 1.29 is 9.84 Å². The third-order valence-corrected chi connectivity index (χ3v) is 5.95. The van der Waals surface area contributed by atoms with Gasteiger partial charge in [0.05, 0.1) is 23.5 Å². The maximum atomic E-state index is 13.4. The topological polar surface area (TPSA) is 81.1 Å². The molecule has 0 aliphatic heterocycles. The summed E-state index contributed by atoms with van der Waals surface area (Å²) in [5.41, 5.74) is 0.448. The van der Waals surface area contributed by atoms with Gasteiger partial charge in [-0.2, -0.15) is 0 Å². The number of nitrogens with zero attached hydrogens (tertiary/aromatic N) is 4. The van der Waals surface area contributed by atoms with Gasteiger partial charge in [-0.05, 0) is 72.9 Å². The Hall–Kier alpha value is -3.27. The number of hydrogen-bond donors (Lipinski definition) is 1. The van der Waals surface area contributed by atoms with Crippen molar-refractivity contribution in [3.63, 3.8) is 0 Å². The number of aromatic hydroxyl groups is 1. The third-order valence-electron chi connectivity index (χ3n) is 4.74. The Labute approximate surface area is 207 Å². The lowest BCUT2D eigenvalue weighted by Crippen LogP contribution is -2.23. The van der Waals surface area contributed by atoms with E-state index in [9.17, 15) is 9.90 Å². The molecule has 166 valence electrons. The van der Waals surface area contributed by atoms with E-state index in [4.69, 9.17) is 28.6 Å². The van der Waals surface area contributed by atoms with Crippen LogP contribution in [0, 0.1) is 4.77 Å². The summed E-state index contributed by atoms with van der Waals surface area (Å²) in [6.07, 6.45) is 0. The molecule has 0 aliphatic rings. The molecule has 1 heterocycles. The molecule has 33 heavy (non-hydrogen) atoms. The number of hydrogen-bond acceptors (Lipinski definition) is 6. The Morgan fingerprint density at radius 2 is 1.55 bits per heavy atom. The van der Waals surface area contributed by atoms with Gasteiger partial charge in [-0.3, -0.25) is 13.9 Å². The summed E-state index contributed by atoms with van der Waals surface area (Å²) in [6.45, 7) is 0. The average Bonchev–Trinajstić information content (AvgIpc) is 2.82. The predicted molar refractivity (Wildman–Crippen MR) is 134 cm³/mol. The molecule has 1 aromatic heterocycles. The van der Waals surface area contributed by atoms with Crippen LogP contribution in [-0.4, -0.2) is 21.4 Å². The van der Waals surface area contributed by atoms with Crippen LogP contribution in [0.3, 0.4) is 0 Å². The molecule has 4 aromatic rings. The van der Waals surface area contributed by atoms with Gasteiger partial charge in [0, 0.05) is 4.47 Å². The number of benzene rings is 3. The van der Waals surface area contributed by atoms with Gasteiger partial charge in [0.25, 0.3) is 5.56 Å². The van der Waals surface area contributed by atoms with Gasteiger partial charge in [-0.1, -0.05) is 39.7 Å². The van der Waals surface area contributed by atoms with Gasteiger partial charge in [-0.15, -0.1) is 10.2 Å². The molecule has 3 aromatic carbocycles. The minimum absolute atomic E-state index is 0.0571. The summed E-state index contributed by atoms with van der Waals surface area (Å²) in [6, 6.07) is 20.7. The molecule has 0 fully saturated rings. The standard InChI is InChI=1S/C23H16BrClN4O3S/c1-32-17-12-10-16(11-13-17)29-22(31)20(27-26-19-5-3-2-4-18(19)25)21(30)28(23(29)33)15-8-6-14(24)7-9-15/h2-13,30H,1H3. The summed E-state index contributed by atoms with van der Waals surface area (Å²) in [7, 11) is 1.55. The first-order valence-electron chi connectivity index (χ1n) is 9.58. The highest BCUT2D eigenvalue weighted by molar-refractivity contribution is 9.10. The SMILES string of the molecule is COc1ccc(-n2c(=O)c(N=Nc3ccccc3Cl)c(O)n(-c3ccc(Br)cc3)c2=S)cc1. The Morgan fingerprint density at radius 1 is 0.939 bits per heavy atom. The van der Waals surface area contributed by atoms with E-state index in [1.807, 2.05) is 0 Å². The van der Waals surface area contributed by atoms with Crippen LogP contribution in [0.25, 0.3) is 11.4 Å². The number of methoxy groups -OCH3 is 1. The molecule has 0 unspecified atom stereocenters. The second-order valence-electron chi connectivity index (χ2n) is 6.76. The van der Waals surface area contributed by atoms with E-state index >= 15 is 0 Å². The molecule has 10 heteroatoms. The van der Waals surface area contributed by atoms with Gasteiger partial charge in [-0.25, -0.2) is 0 Å². The molecule has 7 nitrogen and oxygen atoms in total. The highest BCUT2D eigenvalue weighted by Crippen LogP contribution is 2.31. The van der Waals surface area contributed by atoms with Crippen LogP contribution in [-0.2, 0) is 0 Å². The number of ether oxygens (including phenoxy) is 1. The van der Waals surface area contributed by atoms with Crippen molar-refractivity contribution in [2.75, 3.05) is 7.11 Å². The molecular weight excluding hydrogens is 528 g/mol. The van der Waals surface area contributed by atoms with Gasteiger partial charge in [0.15, 0.2) is 4.77 Å². The van der Waals surface area contributed by atoms with Crippen LogP contribution in [0.2, 0.25) is 5.02 Å². The van der Waals surface area contributed by atoms with Crippen molar-refractivity contribution in [3.05, 3.63) is 97.4 Å². The van der Waals surface area contributed by atoms with E-state index < -0.39 is 11.4 Å². The van der Waals surface area contributed by atoms with E-state index in [0.29, 0.717) is 27.8 Å². The third kappa shape index (κ3) is 4.61. The molecule has 0 amide bonds. The molecular formula is C23H16BrClN4O3S. The first-order chi connectivity index (χ1) is 15.9. The number of halogens is 2. The van der Waals surface area contributed by atoms with Crippen molar-refractivity contribution in [1.82, 2.24) is 9.13 Å². The predicted octanol–water partition coefficient (Wildman–Crippen LogP) is 6.90. The first kappa shape index (κ1) is 22.9. The van der Waals surface area contributed by atoms with Crippen LogP contribution < -0.4 is 10.3 Å². The number of rotatable bonds is 5. The first-order valence-corrected chi connectivity index (χ1v) is 11.2. The lowest BCUT2D eigenvalue weighted by Gasteiger charge is -2.16. The second kappa shape index (κ2) is 9.70. The maximum absolute atomic E-state index is 13.4. The fourth-order valence-corrected chi connectivity index (χ4v) is 3.91. The van der Waals surface area contributed by atoms with Gasteiger partial charge in [0.2, 0.25) is 11.6 Å². The average molecular weight is 544 g/mol. The maximum Gasteiger partial charge on any atom is 0.290 e. The molecule has 0 aliphatic carbocycles. The quantitative estimate of drug-likeness (QED) is 0.219. The monoisotopic (exact) mass is 542 g/mol. The lowest BCUT2D eigenvalue weighted by atomic mass is 10.3. The van der Waals surface area contributed by atoms with Gasteiger partial charge in [0.1, 0.15) is 11.4 Å². The van der Waals surface area contributed by atoms with Crippen LogP contribution in [0.1, 0.15) is 0 Å². The lowest BCUT2D eigenvalue weighted by molar-refractivity contribution is 0.414. The van der Waals surface area contributed by atoms with Crippen molar-refractivity contribution in [2.45, 2.75) is 0 Å². The fraction of sp³-hybridized carbons (Fsp3) is 0.0435. The van der Waals surface area contributed by atoms with Crippen LogP contribution in [0.5, 0.6) is 11.6 Å². The Bertz CT molecular complexity index is 1470. The van der Waals surface area contributed by atoms with Crippen LogP contribution >= 0.6 is 39.7 Å². The van der Waals surface area contributed by atoms with E-state index in [1.165, 1.54) is 9.13 Å². The Balaban J connectivity index is 2.00. The van der Waals surface area contributed by atoms with E-state index in [2.05, 4.69) is 26.2 Å². The summed E-state index contributed by atoms with van der Waals surface area (Å²) in [4.78, 5) is 13.4. The molecule has 1 N–H and O–H groups in total. The van der Waals surface area contributed by atoms with E-state index in [-0.39, 0.29) is 10.5 Å². The van der Waals surface area contributed by atoms with Crippen molar-refractivity contribution in [2.24, 2.45) is 10.2 Å². The zero-order valence-corrected chi connectivity index (χ0v) is 20.3. The van der Waals surface area contributed by atoms with E-state index in [0.717, 1.165) is 4.47 Å². The molecule has 0 spiro atoms. The molecule has 0 radical (unpaired) electrons. The van der Waals surface area contributed by atoms with Gasteiger partial charge >= 0.3 is 0 Å². The largest absolute Gasteiger partial charge is 0.497 e. The Kier molecular flexibility index (Phi) is 6.73. The highest BCUT2D eigenvalue weighted by atomic mass is 79.9. The minimum atomic E-state index is -0.633. The summed E-state index contributed by atoms with van der Waals surface area (Å²) in [5.74, 6) is 0.184. The number of azo groups is 1. The summed E-state index contributed by atoms with van der Waals surface area (Å²) in [5, 5.41) is 19.5. The van der Waals surface area contributed by atoms with Crippen molar-refractivity contribution in [3.8, 4) is 23.0 Å². The molecule has 4 rings (SSSR count). The summed E-state index contributed by atoms with van der Waals surface area (Å²) < 4.78 is 8.74. The van der Waals surface area contributed by atoms with E-state index in [1.54, 1.807) is 79.9 Å². The second-order valence-corrected chi connectivity index (χ2v) is 8.44. The minimum Gasteiger partial charge on any atom is -0.497 e. The molecule has 0 atom stereocenters. The van der Waals surface area contributed by atoms with Crippen molar-refractivity contribution >= 4 is 51.1 Å². The van der Waals surface area contributed by atoms with Crippen LogP contribution in [0.15, 0.2) is 92.3 Å². The fourth-order valence-electron chi connectivity index (χ4n) is 3.09. The normalized spacial score (nSPS) is 11.1. The molecule has 0 saturated carbocycles. The molecule has 0 saturated heterocycles. The molecule has 0 bridgehead atoms. The van der Waals surface area contributed by atoms with Crippen molar-refractivity contribution in [1.29, 1.82) is 0 Å². The Morgan fingerprint density at radius 3 is 2.18 bits per heavy atom. The van der Waals surface area contributed by atoms with Gasteiger partial charge < -0.3 is 9.84 Å². The van der Waals surface area contributed by atoms with Crippen LogP contribution in [0.4, 0.5) is 11.4 Å². The summed E-state index contributed by atoms with van der Waals surface area (Å²) >= 11 is 15.2. The zero-order chi connectivity index (χ0) is 23.5. The highest BCUT2D eigenvalue weighted by Gasteiger charge is 2.19. The zero-order valence-electron chi connectivity index (χ0n) is 17.1. The smallest absolute Gasteiger partial charge is 0.290 e.